The number of aliphatic hydroxyl groups excluding tert-OH is 1. The van der Waals surface area contributed by atoms with Crippen LogP contribution in [0.1, 0.15) is 38.2 Å². The first-order valence-corrected chi connectivity index (χ1v) is 8.34. The fourth-order valence-corrected chi connectivity index (χ4v) is 3.90. The third kappa shape index (κ3) is 3.47. The Morgan fingerprint density at radius 2 is 1.95 bits per heavy atom. The van der Waals surface area contributed by atoms with Crippen LogP contribution in [0.25, 0.3) is 0 Å². The van der Waals surface area contributed by atoms with Gasteiger partial charge in [-0.25, -0.2) is 0 Å². The van der Waals surface area contributed by atoms with Crippen LogP contribution in [0.15, 0.2) is 30.3 Å². The molecule has 3 heteroatoms. The summed E-state index contributed by atoms with van der Waals surface area (Å²) in [7, 11) is 0. The van der Waals surface area contributed by atoms with Crippen LogP contribution in [0.4, 0.5) is 0 Å². The van der Waals surface area contributed by atoms with Crippen LogP contribution in [-0.2, 0) is 0 Å². The number of hydrogen-bond acceptors (Lipinski definition) is 3. The van der Waals surface area contributed by atoms with Crippen LogP contribution in [0, 0.1) is 0 Å². The Hall–Kier alpha value is -0.900. The van der Waals surface area contributed by atoms with E-state index < -0.39 is 0 Å². The van der Waals surface area contributed by atoms with Gasteiger partial charge in [0.15, 0.2) is 0 Å². The summed E-state index contributed by atoms with van der Waals surface area (Å²) in [5.41, 5.74) is 1.44. The van der Waals surface area contributed by atoms with Crippen LogP contribution in [0.5, 0.6) is 0 Å². The molecule has 1 aromatic carbocycles. The molecule has 2 heterocycles. The second kappa shape index (κ2) is 6.47. The highest BCUT2D eigenvalue weighted by molar-refractivity contribution is 5.18. The monoisotopic (exact) mass is 288 g/mol. The maximum Gasteiger partial charge on any atom is 0.0682 e. The quantitative estimate of drug-likeness (QED) is 0.921. The molecule has 21 heavy (non-hydrogen) atoms. The van der Waals surface area contributed by atoms with Crippen LogP contribution in [0.3, 0.4) is 0 Å². The van der Waals surface area contributed by atoms with Gasteiger partial charge in [-0.05, 0) is 37.8 Å². The first-order valence-electron chi connectivity index (χ1n) is 8.34. The van der Waals surface area contributed by atoms with E-state index in [0.717, 1.165) is 32.6 Å². The first-order chi connectivity index (χ1) is 10.1. The number of piperazine rings is 1. The highest BCUT2D eigenvalue weighted by Gasteiger charge is 2.37. The van der Waals surface area contributed by atoms with Crippen molar-refractivity contribution < 1.29 is 5.11 Å². The molecule has 0 aromatic heterocycles. The molecule has 0 amide bonds. The lowest BCUT2D eigenvalue weighted by Gasteiger charge is -2.42. The lowest BCUT2D eigenvalue weighted by atomic mass is 9.97. The normalized spacial score (nSPS) is 32.0. The van der Waals surface area contributed by atoms with Crippen LogP contribution in [0.2, 0.25) is 0 Å². The van der Waals surface area contributed by atoms with E-state index in [9.17, 15) is 5.11 Å². The molecular formula is C18H28N2O. The van der Waals surface area contributed by atoms with E-state index in [1.807, 2.05) is 0 Å². The van der Waals surface area contributed by atoms with Crippen molar-refractivity contribution in [3.8, 4) is 0 Å². The minimum Gasteiger partial charge on any atom is -0.392 e. The molecule has 1 N–H and O–H groups in total. The van der Waals surface area contributed by atoms with Crippen molar-refractivity contribution in [3.63, 3.8) is 0 Å². The first kappa shape index (κ1) is 15.0. The molecule has 2 unspecified atom stereocenters. The van der Waals surface area contributed by atoms with E-state index in [2.05, 4.69) is 54.0 Å². The Morgan fingerprint density at radius 3 is 2.71 bits per heavy atom. The Kier molecular flexibility index (Phi) is 4.63. The average molecular weight is 288 g/mol. The topological polar surface area (TPSA) is 26.7 Å². The van der Waals surface area contributed by atoms with E-state index >= 15 is 0 Å². The van der Waals surface area contributed by atoms with Gasteiger partial charge in [-0.15, -0.1) is 0 Å². The second-order valence-electron chi connectivity index (χ2n) is 6.94. The number of benzene rings is 1. The number of aliphatic hydroxyl groups is 1. The van der Waals surface area contributed by atoms with Gasteiger partial charge >= 0.3 is 0 Å². The number of fused-ring (bicyclic) bond motifs is 1. The minimum absolute atomic E-state index is 0.106. The summed E-state index contributed by atoms with van der Waals surface area (Å²) in [4.78, 5) is 5.10. The van der Waals surface area contributed by atoms with Gasteiger partial charge in [0.25, 0.3) is 0 Å². The molecule has 3 nitrogen and oxygen atoms in total. The van der Waals surface area contributed by atoms with Gasteiger partial charge in [-0.2, -0.15) is 0 Å². The SMILES string of the molecule is CC(CCN1CC2C[C@@H](O)CN2C[C@@H]1C)c1ccccc1. The van der Waals surface area contributed by atoms with E-state index in [0.29, 0.717) is 18.0 Å². The van der Waals surface area contributed by atoms with Crippen molar-refractivity contribution in [1.82, 2.24) is 9.80 Å². The third-order valence-electron chi connectivity index (χ3n) is 5.29. The van der Waals surface area contributed by atoms with E-state index in [-0.39, 0.29) is 6.10 Å². The van der Waals surface area contributed by atoms with Crippen molar-refractivity contribution >= 4 is 0 Å². The fraction of sp³-hybridized carbons (Fsp3) is 0.667. The van der Waals surface area contributed by atoms with Crippen LogP contribution in [-0.4, -0.2) is 59.3 Å². The van der Waals surface area contributed by atoms with Crippen molar-refractivity contribution in [2.24, 2.45) is 0 Å². The molecule has 4 atom stereocenters. The summed E-state index contributed by atoms with van der Waals surface area (Å²) in [5, 5.41) is 9.84. The second-order valence-corrected chi connectivity index (χ2v) is 6.94. The van der Waals surface area contributed by atoms with Crippen LogP contribution < -0.4 is 0 Å². The minimum atomic E-state index is -0.106. The standard InChI is InChI=1S/C18H28N2O/c1-14(16-6-4-3-5-7-16)8-9-19-12-17-10-18(21)13-20(17)11-15(19)2/h3-7,14-15,17-18,21H,8-13H2,1-2H3/t14?,15-,17?,18+/m0/s1. The number of hydrogen-bond donors (Lipinski definition) is 1. The Morgan fingerprint density at radius 1 is 1.19 bits per heavy atom. The van der Waals surface area contributed by atoms with Crippen molar-refractivity contribution in [2.45, 2.75) is 50.8 Å². The lowest BCUT2D eigenvalue weighted by molar-refractivity contribution is 0.0564. The van der Waals surface area contributed by atoms with Gasteiger partial charge in [0.2, 0.25) is 0 Å². The van der Waals surface area contributed by atoms with Gasteiger partial charge in [-0.3, -0.25) is 9.80 Å². The molecule has 3 rings (SSSR count). The maximum atomic E-state index is 9.84. The van der Waals surface area contributed by atoms with E-state index in [4.69, 9.17) is 0 Å². The Bertz CT molecular complexity index is 450. The fourth-order valence-electron chi connectivity index (χ4n) is 3.90. The summed E-state index contributed by atoms with van der Waals surface area (Å²) < 4.78 is 0. The Balaban J connectivity index is 1.53. The van der Waals surface area contributed by atoms with Crippen molar-refractivity contribution in [2.75, 3.05) is 26.2 Å². The zero-order valence-corrected chi connectivity index (χ0v) is 13.3. The predicted molar refractivity (Wildman–Crippen MR) is 86.5 cm³/mol. The van der Waals surface area contributed by atoms with Gasteiger partial charge in [0.05, 0.1) is 6.10 Å². The summed E-state index contributed by atoms with van der Waals surface area (Å²) in [6, 6.07) is 12.0. The van der Waals surface area contributed by atoms with Gasteiger partial charge in [0, 0.05) is 31.7 Å². The molecule has 1 aromatic rings. The zero-order chi connectivity index (χ0) is 14.8. The average Bonchev–Trinajstić information content (AvgIpc) is 2.84. The summed E-state index contributed by atoms with van der Waals surface area (Å²) in [6.07, 6.45) is 2.06. The summed E-state index contributed by atoms with van der Waals surface area (Å²) in [5.74, 6) is 0.616. The highest BCUT2D eigenvalue weighted by Crippen LogP contribution is 2.26. The lowest BCUT2D eigenvalue weighted by Crippen LogP contribution is -2.55. The van der Waals surface area contributed by atoms with Gasteiger partial charge in [-0.1, -0.05) is 37.3 Å². The van der Waals surface area contributed by atoms with Crippen molar-refractivity contribution in [1.29, 1.82) is 0 Å². The molecule has 2 saturated heterocycles. The van der Waals surface area contributed by atoms with E-state index in [1.54, 1.807) is 0 Å². The van der Waals surface area contributed by atoms with E-state index in [1.165, 1.54) is 12.0 Å². The highest BCUT2D eigenvalue weighted by atomic mass is 16.3. The molecule has 0 saturated carbocycles. The largest absolute Gasteiger partial charge is 0.392 e. The summed E-state index contributed by atoms with van der Waals surface area (Å²) >= 11 is 0. The zero-order valence-electron chi connectivity index (χ0n) is 13.3. The third-order valence-corrected chi connectivity index (χ3v) is 5.29. The van der Waals surface area contributed by atoms with Gasteiger partial charge in [0.1, 0.15) is 0 Å². The molecule has 0 bridgehead atoms. The molecule has 0 radical (unpaired) electrons. The molecule has 2 aliphatic heterocycles. The molecular weight excluding hydrogens is 260 g/mol. The van der Waals surface area contributed by atoms with Crippen LogP contribution >= 0.6 is 0 Å². The van der Waals surface area contributed by atoms with Crippen molar-refractivity contribution in [3.05, 3.63) is 35.9 Å². The summed E-state index contributed by atoms with van der Waals surface area (Å²) in [6.45, 7) is 8.94. The molecule has 0 spiro atoms. The number of rotatable bonds is 4. The Labute approximate surface area is 128 Å². The molecule has 2 aliphatic rings. The van der Waals surface area contributed by atoms with Gasteiger partial charge < -0.3 is 5.11 Å². The smallest absolute Gasteiger partial charge is 0.0682 e. The molecule has 116 valence electrons. The molecule has 2 fully saturated rings. The maximum absolute atomic E-state index is 9.84. The number of nitrogens with zero attached hydrogens (tertiary/aromatic N) is 2. The predicted octanol–water partition coefficient (Wildman–Crippen LogP) is 2.32. The molecule has 0 aliphatic carbocycles.